The molecule has 0 aliphatic carbocycles. The van der Waals surface area contributed by atoms with Crippen LogP contribution in [0, 0.1) is 0 Å². The van der Waals surface area contributed by atoms with Gasteiger partial charge in [0.05, 0.1) is 18.6 Å². The van der Waals surface area contributed by atoms with Crippen LogP contribution in [0.25, 0.3) is 0 Å². The smallest absolute Gasteiger partial charge is 0.231 e. The Labute approximate surface area is 174 Å². The Hall–Kier alpha value is -0.953. The third kappa shape index (κ3) is 5.76. The molecule has 1 heterocycles. The average Bonchev–Trinajstić information content (AvgIpc) is 2.94. The van der Waals surface area contributed by atoms with Crippen molar-refractivity contribution >= 4 is 42.5 Å². The maximum absolute atomic E-state index is 13.1. The molecule has 1 fully saturated rings. The summed E-state index contributed by atoms with van der Waals surface area (Å²) >= 11 is 7.07. The van der Waals surface area contributed by atoms with Gasteiger partial charge in [-0.25, -0.2) is 0 Å². The molecule has 0 bridgehead atoms. The first-order valence-corrected chi connectivity index (χ1v) is 13.7. The van der Waals surface area contributed by atoms with E-state index in [1.165, 1.54) is 5.56 Å². The zero-order chi connectivity index (χ0) is 20.2. The molecule has 27 heavy (non-hydrogen) atoms. The average molecular weight is 422 g/mol. The van der Waals surface area contributed by atoms with Gasteiger partial charge in [0, 0.05) is 5.75 Å². The first-order chi connectivity index (χ1) is 12.5. The van der Waals surface area contributed by atoms with E-state index in [2.05, 4.69) is 52.6 Å². The third-order valence-corrected chi connectivity index (χ3v) is 11.5. The van der Waals surface area contributed by atoms with Gasteiger partial charge >= 0.3 is 0 Å². The van der Waals surface area contributed by atoms with E-state index in [1.54, 1.807) is 22.7 Å². The number of rotatable bonds is 7. The number of amides is 1. The Morgan fingerprint density at radius 2 is 2.04 bits per heavy atom. The van der Waals surface area contributed by atoms with Crippen LogP contribution in [0.1, 0.15) is 32.8 Å². The molecule has 3 nitrogen and oxygen atoms in total. The van der Waals surface area contributed by atoms with Crippen molar-refractivity contribution in [2.45, 2.75) is 63.9 Å². The summed E-state index contributed by atoms with van der Waals surface area (Å²) < 4.78 is 7.07. The lowest BCUT2D eigenvalue weighted by Crippen LogP contribution is -2.46. The third-order valence-electron chi connectivity index (χ3n) is 5.43. The summed E-state index contributed by atoms with van der Waals surface area (Å²) in [5, 5.41) is 0.0892. The van der Waals surface area contributed by atoms with Gasteiger partial charge in [-0.1, -0.05) is 81.2 Å². The van der Waals surface area contributed by atoms with Crippen LogP contribution in [0.2, 0.25) is 18.1 Å². The highest BCUT2D eigenvalue weighted by atomic mass is 32.2. The highest BCUT2D eigenvalue weighted by Gasteiger charge is 2.40. The summed E-state index contributed by atoms with van der Waals surface area (Å²) in [6.07, 6.45) is 2.60. The van der Waals surface area contributed by atoms with E-state index in [0.717, 1.165) is 12.2 Å². The maximum Gasteiger partial charge on any atom is 0.231 e. The van der Waals surface area contributed by atoms with Gasteiger partial charge in [-0.05, 0) is 30.1 Å². The van der Waals surface area contributed by atoms with E-state index in [9.17, 15) is 4.79 Å². The Morgan fingerprint density at radius 3 is 2.59 bits per heavy atom. The van der Waals surface area contributed by atoms with E-state index in [4.69, 9.17) is 16.6 Å². The predicted molar refractivity (Wildman–Crippen MR) is 123 cm³/mol. The molecule has 0 spiro atoms. The molecule has 0 saturated carbocycles. The molecular weight excluding hydrogens is 390 g/mol. The highest BCUT2D eigenvalue weighted by molar-refractivity contribution is 8.23. The van der Waals surface area contributed by atoms with Crippen LogP contribution in [-0.2, 0) is 15.6 Å². The number of carbonyl (C=O) groups is 1. The van der Waals surface area contributed by atoms with Crippen molar-refractivity contribution in [2.24, 2.45) is 0 Å². The molecule has 148 valence electrons. The van der Waals surface area contributed by atoms with Gasteiger partial charge in [-0.15, -0.1) is 6.58 Å². The van der Waals surface area contributed by atoms with E-state index >= 15 is 0 Å². The zero-order valence-corrected chi connectivity index (χ0v) is 19.7. The molecule has 1 aromatic rings. The molecular formula is C21H31NO2S2Si. The van der Waals surface area contributed by atoms with Crippen molar-refractivity contribution in [3.8, 4) is 0 Å². The minimum atomic E-state index is -1.97. The maximum atomic E-state index is 13.1. The van der Waals surface area contributed by atoms with Crippen molar-refractivity contribution in [2.75, 3.05) is 5.75 Å². The lowest BCUT2D eigenvalue weighted by molar-refractivity contribution is -0.129. The van der Waals surface area contributed by atoms with Crippen LogP contribution >= 0.6 is 24.0 Å². The van der Waals surface area contributed by atoms with Gasteiger partial charge in [0.25, 0.3) is 0 Å². The second-order valence-corrected chi connectivity index (χ2v) is 15.0. The summed E-state index contributed by atoms with van der Waals surface area (Å²) in [5.41, 5.74) is 1.23. The molecule has 1 amide bonds. The largest absolute Gasteiger partial charge is 0.410 e. The molecule has 0 N–H and O–H groups in total. The van der Waals surface area contributed by atoms with Crippen molar-refractivity contribution in [1.29, 1.82) is 0 Å². The normalized spacial score (nSPS) is 19.2. The molecule has 1 saturated heterocycles. The fourth-order valence-corrected chi connectivity index (χ4v) is 5.54. The topological polar surface area (TPSA) is 29.5 Å². The van der Waals surface area contributed by atoms with Crippen LogP contribution < -0.4 is 0 Å². The Balaban J connectivity index is 2.07. The van der Waals surface area contributed by atoms with Gasteiger partial charge in [-0.3, -0.25) is 9.69 Å². The number of thiocarbonyl (C=S) groups is 1. The first kappa shape index (κ1) is 22.3. The number of carbonyl (C=O) groups excluding carboxylic acids is 1. The monoisotopic (exact) mass is 421 g/mol. The van der Waals surface area contributed by atoms with Crippen LogP contribution in [-0.4, -0.2) is 41.3 Å². The fraction of sp³-hybridized carbons (Fsp3) is 0.524. The number of thioether (sulfide) groups is 1. The standard InChI is InChI=1S/C21H31NO2S2Si/c1-7-18(24-27(5,6)21(2,3)4)14-19(23)22-17(15-26-20(22)25)13-16-11-9-8-10-12-16/h7-12,17-18H,1,13-15H2,2-6H3/t17-,18+/m1/s1. The number of hydrogen-bond donors (Lipinski definition) is 0. The Kier molecular flexibility index (Phi) is 7.47. The lowest BCUT2D eigenvalue weighted by atomic mass is 10.1. The summed E-state index contributed by atoms with van der Waals surface area (Å²) in [4.78, 5) is 14.9. The van der Waals surface area contributed by atoms with Crippen LogP contribution in [0.4, 0.5) is 0 Å². The Bertz CT molecular complexity index is 685. The summed E-state index contributed by atoms with van der Waals surface area (Å²) in [6.45, 7) is 14.9. The van der Waals surface area contributed by atoms with Crippen LogP contribution in [0.5, 0.6) is 0 Å². The van der Waals surface area contributed by atoms with Crippen LogP contribution in [0.3, 0.4) is 0 Å². The van der Waals surface area contributed by atoms with E-state index in [1.807, 2.05) is 18.2 Å². The van der Waals surface area contributed by atoms with E-state index in [0.29, 0.717) is 10.7 Å². The van der Waals surface area contributed by atoms with Crippen molar-refractivity contribution in [1.82, 2.24) is 4.90 Å². The van der Waals surface area contributed by atoms with Gasteiger partial charge in [0.1, 0.15) is 4.32 Å². The molecule has 0 aromatic heterocycles. The number of hydrogen-bond acceptors (Lipinski definition) is 4. The molecule has 1 aliphatic heterocycles. The quantitative estimate of drug-likeness (QED) is 0.334. The Morgan fingerprint density at radius 1 is 1.41 bits per heavy atom. The number of nitrogens with zero attached hydrogens (tertiary/aromatic N) is 1. The number of benzene rings is 1. The molecule has 0 unspecified atom stereocenters. The van der Waals surface area contributed by atoms with E-state index in [-0.39, 0.29) is 23.1 Å². The van der Waals surface area contributed by atoms with Gasteiger partial charge < -0.3 is 4.43 Å². The molecule has 6 heteroatoms. The molecule has 2 atom stereocenters. The van der Waals surface area contributed by atoms with Crippen LogP contribution in [0.15, 0.2) is 43.0 Å². The summed E-state index contributed by atoms with van der Waals surface area (Å²) in [6, 6.07) is 10.4. The molecule has 1 aliphatic rings. The molecule has 1 aromatic carbocycles. The summed E-state index contributed by atoms with van der Waals surface area (Å²) in [7, 11) is -1.97. The molecule has 0 radical (unpaired) electrons. The second kappa shape index (κ2) is 9.03. The minimum absolute atomic E-state index is 0.0366. The van der Waals surface area contributed by atoms with Gasteiger partial charge in [0.2, 0.25) is 5.91 Å². The lowest BCUT2D eigenvalue weighted by Gasteiger charge is -2.38. The molecule has 2 rings (SSSR count). The first-order valence-electron chi connectivity index (χ1n) is 9.38. The highest BCUT2D eigenvalue weighted by Crippen LogP contribution is 2.38. The fourth-order valence-electron chi connectivity index (χ4n) is 2.80. The van der Waals surface area contributed by atoms with E-state index < -0.39 is 8.32 Å². The van der Waals surface area contributed by atoms with Crippen molar-refractivity contribution < 1.29 is 9.22 Å². The SMILES string of the molecule is C=C[C@@H](CC(=O)N1C(=S)SC[C@H]1Cc1ccccc1)O[Si](C)(C)C(C)(C)C. The van der Waals surface area contributed by atoms with Crippen molar-refractivity contribution in [3.63, 3.8) is 0 Å². The minimum Gasteiger partial charge on any atom is -0.410 e. The summed E-state index contributed by atoms with van der Waals surface area (Å²) in [5.74, 6) is 0.885. The second-order valence-electron chi connectivity index (χ2n) is 8.54. The van der Waals surface area contributed by atoms with Gasteiger partial charge in [0.15, 0.2) is 8.32 Å². The predicted octanol–water partition coefficient (Wildman–Crippen LogP) is 5.42. The van der Waals surface area contributed by atoms with Gasteiger partial charge in [-0.2, -0.15) is 0 Å². The van der Waals surface area contributed by atoms with Crippen molar-refractivity contribution in [3.05, 3.63) is 48.6 Å². The zero-order valence-electron chi connectivity index (χ0n) is 17.0.